The average Bonchev–Trinajstić information content (AvgIpc) is 2.71. The Labute approximate surface area is 161 Å². The summed E-state index contributed by atoms with van der Waals surface area (Å²) in [6, 6.07) is 6.86. The number of allylic oxidation sites excluding steroid dienone is 1. The molecule has 1 aliphatic heterocycles. The van der Waals surface area contributed by atoms with Crippen LogP contribution in [0.4, 0.5) is 0 Å². The zero-order valence-corrected chi connectivity index (χ0v) is 15.9. The Hall–Kier alpha value is -3.67. The van der Waals surface area contributed by atoms with Crippen molar-refractivity contribution in [3.05, 3.63) is 46.6 Å². The molecule has 0 unspecified atom stereocenters. The van der Waals surface area contributed by atoms with Crippen LogP contribution in [0.1, 0.15) is 17.9 Å². The number of hydrogen-bond donors (Lipinski definition) is 1. The van der Waals surface area contributed by atoms with E-state index in [9.17, 15) is 14.9 Å². The van der Waals surface area contributed by atoms with E-state index in [4.69, 9.17) is 24.7 Å². The van der Waals surface area contributed by atoms with Gasteiger partial charge in [-0.2, -0.15) is 5.26 Å². The number of methoxy groups -OCH3 is 4. The Morgan fingerprint density at radius 3 is 2.36 bits per heavy atom. The van der Waals surface area contributed by atoms with Crippen molar-refractivity contribution in [2.24, 2.45) is 5.73 Å². The Bertz CT molecular complexity index is 896. The van der Waals surface area contributed by atoms with Crippen molar-refractivity contribution in [3.63, 3.8) is 0 Å². The van der Waals surface area contributed by atoms with Gasteiger partial charge in [-0.1, -0.05) is 6.07 Å². The quantitative estimate of drug-likeness (QED) is 0.720. The molecule has 0 amide bonds. The van der Waals surface area contributed by atoms with Crippen molar-refractivity contribution in [3.8, 4) is 17.6 Å². The summed E-state index contributed by atoms with van der Waals surface area (Å²) < 4.78 is 25.4. The number of nitrogens with two attached hydrogens (primary N) is 1. The molecule has 9 nitrogen and oxygen atoms in total. The highest BCUT2D eigenvalue weighted by Crippen LogP contribution is 2.42. The first-order chi connectivity index (χ1) is 13.4. The van der Waals surface area contributed by atoms with Crippen LogP contribution >= 0.6 is 0 Å². The third-order valence-corrected chi connectivity index (χ3v) is 4.18. The van der Waals surface area contributed by atoms with Gasteiger partial charge in [0.1, 0.15) is 23.8 Å². The van der Waals surface area contributed by atoms with E-state index in [1.165, 1.54) is 28.4 Å². The second kappa shape index (κ2) is 8.81. The number of rotatable bonds is 6. The van der Waals surface area contributed by atoms with Gasteiger partial charge < -0.3 is 29.4 Å². The highest BCUT2D eigenvalue weighted by molar-refractivity contribution is 5.93. The Morgan fingerprint density at radius 2 is 1.82 bits per heavy atom. The molecule has 1 heterocycles. The second-order valence-corrected chi connectivity index (χ2v) is 5.62. The molecule has 9 heteroatoms. The standard InChI is InChI=1S/C19H20N2O7/c1-24-12-6-5-10(7-13(12)25-2)16-11(9-20)18(21)28-14(8-15(22)26-3)17(16)19(23)27-4/h5-7,16H,8,21H2,1-4H3/t16-/m1/s1. The summed E-state index contributed by atoms with van der Waals surface area (Å²) in [5.74, 6) is -1.74. The van der Waals surface area contributed by atoms with E-state index in [1.807, 2.05) is 6.07 Å². The summed E-state index contributed by atoms with van der Waals surface area (Å²) in [5, 5.41) is 9.62. The van der Waals surface area contributed by atoms with Crippen molar-refractivity contribution < 1.29 is 33.3 Å². The SMILES string of the molecule is COC(=O)CC1=C(C(=O)OC)[C@H](c2ccc(OC)c(OC)c2)C(C#N)=C(N)O1. The number of benzene rings is 1. The van der Waals surface area contributed by atoms with E-state index in [0.29, 0.717) is 17.1 Å². The minimum Gasteiger partial charge on any atom is -0.493 e. The molecule has 0 spiro atoms. The maximum absolute atomic E-state index is 12.5. The van der Waals surface area contributed by atoms with Gasteiger partial charge in [-0.05, 0) is 17.7 Å². The molecule has 1 aromatic rings. The summed E-state index contributed by atoms with van der Waals surface area (Å²) in [6.07, 6.45) is -0.357. The van der Waals surface area contributed by atoms with Crippen LogP contribution in [0.2, 0.25) is 0 Å². The van der Waals surface area contributed by atoms with Crippen molar-refractivity contribution in [2.75, 3.05) is 28.4 Å². The van der Waals surface area contributed by atoms with Crippen molar-refractivity contribution in [1.29, 1.82) is 5.26 Å². The predicted octanol–water partition coefficient (Wildman–Crippen LogP) is 1.50. The summed E-state index contributed by atoms with van der Waals surface area (Å²) >= 11 is 0. The van der Waals surface area contributed by atoms with Gasteiger partial charge in [0, 0.05) is 0 Å². The first kappa shape index (κ1) is 20.6. The Balaban J connectivity index is 2.72. The Morgan fingerprint density at radius 1 is 1.14 bits per heavy atom. The highest BCUT2D eigenvalue weighted by Gasteiger charge is 2.38. The van der Waals surface area contributed by atoms with Crippen LogP contribution < -0.4 is 15.2 Å². The molecule has 28 heavy (non-hydrogen) atoms. The van der Waals surface area contributed by atoms with E-state index in [1.54, 1.807) is 18.2 Å². The molecule has 2 rings (SSSR count). The van der Waals surface area contributed by atoms with Gasteiger partial charge in [0.25, 0.3) is 0 Å². The normalized spacial score (nSPS) is 16.0. The minimum atomic E-state index is -0.925. The number of carbonyl (C=O) groups is 2. The monoisotopic (exact) mass is 388 g/mol. The predicted molar refractivity (Wildman–Crippen MR) is 95.9 cm³/mol. The van der Waals surface area contributed by atoms with E-state index in [-0.39, 0.29) is 29.2 Å². The first-order valence-electron chi connectivity index (χ1n) is 8.09. The number of ether oxygens (including phenoxy) is 5. The summed E-state index contributed by atoms with van der Waals surface area (Å²) in [5.41, 5.74) is 6.38. The van der Waals surface area contributed by atoms with E-state index < -0.39 is 17.9 Å². The molecular weight excluding hydrogens is 368 g/mol. The van der Waals surface area contributed by atoms with Gasteiger partial charge in [0.15, 0.2) is 11.5 Å². The molecule has 1 aliphatic rings. The lowest BCUT2D eigenvalue weighted by Gasteiger charge is -2.28. The topological polar surface area (TPSA) is 130 Å². The average molecular weight is 388 g/mol. The number of carbonyl (C=O) groups excluding carboxylic acids is 2. The molecule has 0 saturated heterocycles. The first-order valence-corrected chi connectivity index (χ1v) is 8.09. The van der Waals surface area contributed by atoms with Gasteiger partial charge in [0.05, 0.1) is 39.9 Å². The lowest BCUT2D eigenvalue weighted by atomic mass is 9.82. The smallest absolute Gasteiger partial charge is 0.338 e. The van der Waals surface area contributed by atoms with Gasteiger partial charge in [-0.25, -0.2) is 4.79 Å². The minimum absolute atomic E-state index is 0.00114. The third kappa shape index (κ3) is 3.86. The van der Waals surface area contributed by atoms with Gasteiger partial charge in [-0.15, -0.1) is 0 Å². The van der Waals surface area contributed by atoms with Gasteiger partial charge in [-0.3, -0.25) is 4.79 Å². The van der Waals surface area contributed by atoms with E-state index >= 15 is 0 Å². The van der Waals surface area contributed by atoms with Crippen LogP contribution in [0.25, 0.3) is 0 Å². The zero-order chi connectivity index (χ0) is 20.8. The number of esters is 2. The van der Waals surface area contributed by atoms with E-state index in [0.717, 1.165) is 0 Å². The summed E-state index contributed by atoms with van der Waals surface area (Å²) in [6.45, 7) is 0. The second-order valence-electron chi connectivity index (χ2n) is 5.62. The van der Waals surface area contributed by atoms with Crippen LogP contribution in [-0.2, 0) is 23.8 Å². The number of nitriles is 1. The fourth-order valence-electron chi connectivity index (χ4n) is 2.85. The molecule has 0 radical (unpaired) electrons. The molecule has 1 atom stereocenters. The Kier molecular flexibility index (Phi) is 6.50. The fraction of sp³-hybridized carbons (Fsp3) is 0.316. The third-order valence-electron chi connectivity index (χ3n) is 4.18. The lowest BCUT2D eigenvalue weighted by Crippen LogP contribution is -2.27. The largest absolute Gasteiger partial charge is 0.493 e. The molecule has 0 bridgehead atoms. The highest BCUT2D eigenvalue weighted by atomic mass is 16.5. The van der Waals surface area contributed by atoms with Crippen molar-refractivity contribution in [2.45, 2.75) is 12.3 Å². The lowest BCUT2D eigenvalue weighted by molar-refractivity contribution is -0.140. The van der Waals surface area contributed by atoms with Crippen LogP contribution in [-0.4, -0.2) is 40.4 Å². The van der Waals surface area contributed by atoms with Crippen molar-refractivity contribution in [1.82, 2.24) is 0 Å². The molecule has 0 saturated carbocycles. The number of nitrogens with zero attached hydrogens (tertiary/aromatic N) is 1. The summed E-state index contributed by atoms with van der Waals surface area (Å²) in [7, 11) is 5.33. The van der Waals surface area contributed by atoms with Gasteiger partial charge >= 0.3 is 11.9 Å². The number of hydrogen-bond acceptors (Lipinski definition) is 9. The molecule has 148 valence electrons. The van der Waals surface area contributed by atoms with Gasteiger partial charge in [0.2, 0.25) is 5.88 Å². The summed E-state index contributed by atoms with van der Waals surface area (Å²) in [4.78, 5) is 24.3. The maximum atomic E-state index is 12.5. The molecule has 0 fully saturated rings. The van der Waals surface area contributed by atoms with Crippen LogP contribution in [0.3, 0.4) is 0 Å². The van der Waals surface area contributed by atoms with Crippen LogP contribution in [0.15, 0.2) is 41.0 Å². The molecule has 0 aromatic heterocycles. The fourth-order valence-corrected chi connectivity index (χ4v) is 2.85. The zero-order valence-electron chi connectivity index (χ0n) is 15.9. The molecular formula is C19H20N2O7. The molecule has 1 aromatic carbocycles. The van der Waals surface area contributed by atoms with E-state index in [2.05, 4.69) is 4.74 Å². The van der Waals surface area contributed by atoms with Crippen molar-refractivity contribution >= 4 is 11.9 Å². The maximum Gasteiger partial charge on any atom is 0.338 e. The van der Waals surface area contributed by atoms with Crippen LogP contribution in [0, 0.1) is 11.3 Å². The van der Waals surface area contributed by atoms with Crippen LogP contribution in [0.5, 0.6) is 11.5 Å². The molecule has 2 N–H and O–H groups in total. The molecule has 0 aliphatic carbocycles.